The number of hydrogen-bond acceptors (Lipinski definition) is 4. The molecule has 0 spiro atoms. The maximum atomic E-state index is 9.57. The van der Waals surface area contributed by atoms with E-state index in [1.165, 1.54) is 35.4 Å². The van der Waals surface area contributed by atoms with Crippen LogP contribution in [0, 0.1) is 11.8 Å². The van der Waals surface area contributed by atoms with Gasteiger partial charge in [0.25, 0.3) is 0 Å². The Morgan fingerprint density at radius 3 is 2.19 bits per heavy atom. The van der Waals surface area contributed by atoms with Crippen molar-refractivity contribution < 1.29 is 5.11 Å². The maximum Gasteiger partial charge on any atom is 0.0764 e. The molecule has 21 heavy (non-hydrogen) atoms. The SMILES string of the molecule is OCC1CCCCC1CNC(c1cccs1)c1cccs1. The molecule has 2 nitrogen and oxygen atoms in total. The molecule has 114 valence electrons. The summed E-state index contributed by atoms with van der Waals surface area (Å²) < 4.78 is 0. The van der Waals surface area contributed by atoms with E-state index >= 15 is 0 Å². The molecule has 0 aromatic carbocycles. The molecule has 0 aliphatic heterocycles. The first-order valence-electron chi connectivity index (χ1n) is 7.79. The van der Waals surface area contributed by atoms with Crippen LogP contribution in [0.1, 0.15) is 41.5 Å². The Labute approximate surface area is 134 Å². The predicted octanol–water partition coefficient (Wildman–Crippen LogP) is 4.29. The monoisotopic (exact) mass is 321 g/mol. The van der Waals surface area contributed by atoms with Gasteiger partial charge in [0.15, 0.2) is 0 Å². The molecule has 2 aromatic rings. The van der Waals surface area contributed by atoms with Crippen molar-refractivity contribution >= 4 is 22.7 Å². The Bertz CT molecular complexity index is 475. The highest BCUT2D eigenvalue weighted by atomic mass is 32.1. The van der Waals surface area contributed by atoms with Gasteiger partial charge in [-0.2, -0.15) is 0 Å². The van der Waals surface area contributed by atoms with E-state index < -0.39 is 0 Å². The van der Waals surface area contributed by atoms with Crippen LogP contribution in [0.5, 0.6) is 0 Å². The summed E-state index contributed by atoms with van der Waals surface area (Å²) >= 11 is 3.63. The Morgan fingerprint density at radius 2 is 1.67 bits per heavy atom. The molecule has 4 heteroatoms. The number of aliphatic hydroxyl groups is 1. The average molecular weight is 322 g/mol. The van der Waals surface area contributed by atoms with E-state index in [1.807, 2.05) is 22.7 Å². The van der Waals surface area contributed by atoms with Gasteiger partial charge < -0.3 is 10.4 Å². The summed E-state index contributed by atoms with van der Waals surface area (Å²) in [6.45, 7) is 1.35. The molecule has 1 saturated carbocycles. The molecular formula is C17H23NOS2. The Kier molecular flexibility index (Phi) is 5.47. The minimum atomic E-state index is 0.311. The average Bonchev–Trinajstić information content (AvgIpc) is 3.22. The van der Waals surface area contributed by atoms with Crippen molar-refractivity contribution in [3.63, 3.8) is 0 Å². The second-order valence-electron chi connectivity index (χ2n) is 5.86. The van der Waals surface area contributed by atoms with Crippen molar-refractivity contribution in [3.05, 3.63) is 44.8 Å². The first-order chi connectivity index (χ1) is 10.4. The first-order valence-corrected chi connectivity index (χ1v) is 9.55. The van der Waals surface area contributed by atoms with Gasteiger partial charge in [-0.15, -0.1) is 22.7 Å². The summed E-state index contributed by atoms with van der Waals surface area (Å²) in [6, 6.07) is 8.99. The van der Waals surface area contributed by atoms with Crippen LogP contribution in [-0.2, 0) is 0 Å². The minimum Gasteiger partial charge on any atom is -0.396 e. The molecule has 0 saturated heterocycles. The van der Waals surface area contributed by atoms with Gasteiger partial charge in [0.2, 0.25) is 0 Å². The fourth-order valence-corrected chi connectivity index (χ4v) is 5.03. The zero-order valence-electron chi connectivity index (χ0n) is 12.2. The highest BCUT2D eigenvalue weighted by Gasteiger charge is 2.26. The number of hydrogen-bond donors (Lipinski definition) is 2. The molecule has 1 aliphatic carbocycles. The van der Waals surface area contributed by atoms with E-state index in [2.05, 4.69) is 40.3 Å². The molecule has 0 bridgehead atoms. The highest BCUT2D eigenvalue weighted by molar-refractivity contribution is 7.11. The number of thiophene rings is 2. The smallest absolute Gasteiger partial charge is 0.0764 e. The van der Waals surface area contributed by atoms with Crippen molar-refractivity contribution in [3.8, 4) is 0 Å². The highest BCUT2D eigenvalue weighted by Crippen LogP contribution is 2.32. The normalized spacial score (nSPS) is 22.8. The minimum absolute atomic E-state index is 0.311. The maximum absolute atomic E-state index is 9.57. The van der Waals surface area contributed by atoms with Crippen LogP contribution in [0.2, 0.25) is 0 Å². The van der Waals surface area contributed by atoms with Gasteiger partial charge in [-0.05, 0) is 54.1 Å². The van der Waals surface area contributed by atoms with Crippen molar-refractivity contribution in [1.29, 1.82) is 0 Å². The van der Waals surface area contributed by atoms with Crippen LogP contribution in [-0.4, -0.2) is 18.3 Å². The van der Waals surface area contributed by atoms with Gasteiger partial charge >= 0.3 is 0 Å². The molecule has 1 aliphatic rings. The third-order valence-electron chi connectivity index (χ3n) is 4.54. The van der Waals surface area contributed by atoms with Crippen molar-refractivity contribution in [2.24, 2.45) is 11.8 Å². The number of aliphatic hydroxyl groups excluding tert-OH is 1. The van der Waals surface area contributed by atoms with E-state index in [4.69, 9.17) is 0 Å². The fourth-order valence-electron chi connectivity index (χ4n) is 3.32. The van der Waals surface area contributed by atoms with Gasteiger partial charge in [0.05, 0.1) is 6.04 Å². The van der Waals surface area contributed by atoms with Crippen LogP contribution >= 0.6 is 22.7 Å². The molecule has 2 unspecified atom stereocenters. The lowest BCUT2D eigenvalue weighted by Gasteiger charge is -2.31. The largest absolute Gasteiger partial charge is 0.396 e. The number of rotatable bonds is 6. The molecule has 2 heterocycles. The molecule has 0 amide bonds. The summed E-state index contributed by atoms with van der Waals surface area (Å²) in [5, 5.41) is 17.6. The third kappa shape index (κ3) is 3.75. The van der Waals surface area contributed by atoms with E-state index in [0.717, 1.165) is 6.54 Å². The van der Waals surface area contributed by atoms with E-state index in [0.29, 0.717) is 24.5 Å². The Balaban J connectivity index is 1.68. The molecule has 2 N–H and O–H groups in total. The summed E-state index contributed by atoms with van der Waals surface area (Å²) in [7, 11) is 0. The van der Waals surface area contributed by atoms with E-state index in [9.17, 15) is 5.11 Å². The summed E-state index contributed by atoms with van der Waals surface area (Å²) in [6.07, 6.45) is 5.03. The summed E-state index contributed by atoms with van der Waals surface area (Å²) in [4.78, 5) is 2.77. The standard InChI is InChI=1S/C17H23NOS2/c19-12-14-6-2-1-5-13(14)11-18-17(15-7-3-9-20-15)16-8-4-10-21-16/h3-4,7-10,13-14,17-19H,1-2,5-6,11-12H2. The molecule has 2 aromatic heterocycles. The third-order valence-corrected chi connectivity index (χ3v) is 6.41. The Hall–Kier alpha value is -0.680. The van der Waals surface area contributed by atoms with Gasteiger partial charge in [-0.25, -0.2) is 0 Å². The number of nitrogens with one attached hydrogen (secondary N) is 1. The van der Waals surface area contributed by atoms with Crippen LogP contribution in [0.15, 0.2) is 35.0 Å². The van der Waals surface area contributed by atoms with E-state index in [-0.39, 0.29) is 0 Å². The van der Waals surface area contributed by atoms with Crippen LogP contribution in [0.25, 0.3) is 0 Å². The first kappa shape index (κ1) is 15.2. The lowest BCUT2D eigenvalue weighted by molar-refractivity contribution is 0.132. The molecule has 3 rings (SSSR count). The van der Waals surface area contributed by atoms with Gasteiger partial charge in [0, 0.05) is 16.4 Å². The topological polar surface area (TPSA) is 32.3 Å². The van der Waals surface area contributed by atoms with E-state index in [1.54, 1.807) is 0 Å². The quantitative estimate of drug-likeness (QED) is 0.832. The fraction of sp³-hybridized carbons (Fsp3) is 0.529. The lowest BCUT2D eigenvalue weighted by atomic mass is 9.79. The van der Waals surface area contributed by atoms with Crippen LogP contribution < -0.4 is 5.32 Å². The zero-order valence-corrected chi connectivity index (χ0v) is 13.8. The second kappa shape index (κ2) is 7.54. The molecule has 0 radical (unpaired) electrons. The Morgan fingerprint density at radius 1 is 1.05 bits per heavy atom. The molecular weight excluding hydrogens is 298 g/mol. The predicted molar refractivity (Wildman–Crippen MR) is 91.0 cm³/mol. The lowest BCUT2D eigenvalue weighted by Crippen LogP contribution is -2.34. The van der Waals surface area contributed by atoms with Gasteiger partial charge in [-0.1, -0.05) is 25.0 Å². The summed E-state index contributed by atoms with van der Waals surface area (Å²) in [5.74, 6) is 1.10. The van der Waals surface area contributed by atoms with Crippen LogP contribution in [0.3, 0.4) is 0 Å². The molecule has 1 fully saturated rings. The van der Waals surface area contributed by atoms with Crippen LogP contribution in [0.4, 0.5) is 0 Å². The van der Waals surface area contributed by atoms with Gasteiger partial charge in [-0.3, -0.25) is 0 Å². The van der Waals surface area contributed by atoms with Gasteiger partial charge in [0.1, 0.15) is 0 Å². The zero-order chi connectivity index (χ0) is 14.5. The molecule has 2 atom stereocenters. The van der Waals surface area contributed by atoms with Crippen molar-refractivity contribution in [2.45, 2.75) is 31.7 Å². The summed E-state index contributed by atoms with van der Waals surface area (Å²) in [5.41, 5.74) is 0. The van der Waals surface area contributed by atoms with Crippen molar-refractivity contribution in [1.82, 2.24) is 5.32 Å². The second-order valence-corrected chi connectivity index (χ2v) is 7.82. The van der Waals surface area contributed by atoms with Crippen molar-refractivity contribution in [2.75, 3.05) is 13.2 Å².